The smallest absolute Gasteiger partial charge is 0.229 e. The van der Waals surface area contributed by atoms with E-state index < -0.39 is 0 Å². The first-order valence-corrected chi connectivity index (χ1v) is 9.29. The number of H-pyrrole nitrogens is 1. The second-order valence-corrected chi connectivity index (χ2v) is 6.79. The standard InChI is InChI=1S/C19H19N5OS/c1-4-25-15-7-5-6-14(9-15)18-22-17(10-26-18)16-8-12(2)24(13(16)3)19-20-11-21-23-19/h5-11H,4H2,1-3H3,(H,20,21,23). The van der Waals surface area contributed by atoms with Gasteiger partial charge in [-0.2, -0.15) is 10.1 Å². The lowest BCUT2D eigenvalue weighted by Gasteiger charge is -2.05. The van der Waals surface area contributed by atoms with E-state index in [2.05, 4.69) is 51.1 Å². The van der Waals surface area contributed by atoms with Crippen molar-refractivity contribution in [3.05, 3.63) is 53.4 Å². The molecule has 132 valence electrons. The highest BCUT2D eigenvalue weighted by Crippen LogP contribution is 2.33. The minimum Gasteiger partial charge on any atom is -0.494 e. The van der Waals surface area contributed by atoms with Gasteiger partial charge in [0.1, 0.15) is 17.1 Å². The van der Waals surface area contributed by atoms with Crippen LogP contribution >= 0.6 is 11.3 Å². The summed E-state index contributed by atoms with van der Waals surface area (Å²) < 4.78 is 7.65. The summed E-state index contributed by atoms with van der Waals surface area (Å²) in [4.78, 5) is 9.11. The molecular weight excluding hydrogens is 346 g/mol. The number of thiazole rings is 1. The Kier molecular flexibility index (Phi) is 4.30. The number of hydrogen-bond donors (Lipinski definition) is 1. The molecule has 1 N–H and O–H groups in total. The summed E-state index contributed by atoms with van der Waals surface area (Å²) in [5, 5.41) is 9.94. The Balaban J connectivity index is 1.71. The van der Waals surface area contributed by atoms with Crippen molar-refractivity contribution in [3.63, 3.8) is 0 Å². The fourth-order valence-corrected chi connectivity index (χ4v) is 3.89. The zero-order valence-corrected chi connectivity index (χ0v) is 15.7. The third-order valence-electron chi connectivity index (χ3n) is 4.22. The minimum atomic E-state index is 0.653. The summed E-state index contributed by atoms with van der Waals surface area (Å²) in [6, 6.07) is 10.2. The van der Waals surface area contributed by atoms with Gasteiger partial charge in [-0.05, 0) is 39.0 Å². The first kappa shape index (κ1) is 16.5. The molecule has 4 rings (SSSR count). The lowest BCUT2D eigenvalue weighted by Crippen LogP contribution is -2.01. The monoisotopic (exact) mass is 365 g/mol. The van der Waals surface area contributed by atoms with Crippen LogP contribution in [0.4, 0.5) is 0 Å². The number of benzene rings is 1. The summed E-state index contributed by atoms with van der Waals surface area (Å²) in [6.45, 7) is 6.76. The number of hydrogen-bond acceptors (Lipinski definition) is 5. The van der Waals surface area contributed by atoms with E-state index in [9.17, 15) is 0 Å². The van der Waals surface area contributed by atoms with Gasteiger partial charge in [0, 0.05) is 27.9 Å². The Morgan fingerprint density at radius 2 is 2.12 bits per heavy atom. The molecule has 0 bridgehead atoms. The van der Waals surface area contributed by atoms with E-state index in [1.165, 1.54) is 6.33 Å². The average molecular weight is 365 g/mol. The van der Waals surface area contributed by atoms with E-state index in [0.717, 1.165) is 39.0 Å². The van der Waals surface area contributed by atoms with Gasteiger partial charge in [0.15, 0.2) is 0 Å². The SMILES string of the molecule is CCOc1cccc(-c2nc(-c3cc(C)n(-c4ncn[nH]4)c3C)cs2)c1. The molecule has 1 aromatic carbocycles. The van der Waals surface area contributed by atoms with E-state index in [0.29, 0.717) is 12.6 Å². The maximum Gasteiger partial charge on any atom is 0.229 e. The van der Waals surface area contributed by atoms with E-state index in [-0.39, 0.29) is 0 Å². The molecule has 0 fully saturated rings. The van der Waals surface area contributed by atoms with Crippen LogP contribution in [-0.2, 0) is 0 Å². The van der Waals surface area contributed by atoms with Crippen molar-refractivity contribution >= 4 is 11.3 Å². The Morgan fingerprint density at radius 3 is 2.88 bits per heavy atom. The molecule has 26 heavy (non-hydrogen) atoms. The van der Waals surface area contributed by atoms with Crippen LogP contribution in [0, 0.1) is 13.8 Å². The van der Waals surface area contributed by atoms with Crippen molar-refractivity contribution in [3.8, 4) is 33.5 Å². The zero-order valence-electron chi connectivity index (χ0n) is 14.9. The molecular formula is C19H19N5OS. The minimum absolute atomic E-state index is 0.653. The van der Waals surface area contributed by atoms with Crippen LogP contribution in [0.15, 0.2) is 42.0 Å². The van der Waals surface area contributed by atoms with Crippen molar-refractivity contribution in [1.29, 1.82) is 0 Å². The van der Waals surface area contributed by atoms with Gasteiger partial charge in [0.2, 0.25) is 5.95 Å². The third kappa shape index (κ3) is 2.90. The maximum absolute atomic E-state index is 5.60. The number of ether oxygens (including phenoxy) is 1. The predicted molar refractivity (Wildman–Crippen MR) is 103 cm³/mol. The van der Waals surface area contributed by atoms with Crippen LogP contribution in [-0.4, -0.2) is 31.3 Å². The Hall–Kier alpha value is -2.93. The Labute approximate surface area is 155 Å². The van der Waals surface area contributed by atoms with Gasteiger partial charge in [0.25, 0.3) is 0 Å². The average Bonchev–Trinajstić information content (AvgIpc) is 3.36. The second kappa shape index (κ2) is 6.76. The van der Waals surface area contributed by atoms with Gasteiger partial charge in [-0.15, -0.1) is 11.3 Å². The summed E-state index contributed by atoms with van der Waals surface area (Å²) in [5.41, 5.74) is 5.30. The fraction of sp³-hybridized carbons (Fsp3) is 0.211. The van der Waals surface area contributed by atoms with Crippen LogP contribution in [0.1, 0.15) is 18.3 Å². The molecule has 0 aliphatic rings. The predicted octanol–water partition coefficient (Wildman–Crippen LogP) is 4.40. The molecule has 4 aromatic rings. The number of rotatable bonds is 5. The lowest BCUT2D eigenvalue weighted by atomic mass is 10.2. The Bertz CT molecular complexity index is 1030. The topological polar surface area (TPSA) is 68.6 Å². The molecule has 0 amide bonds. The number of nitrogens with one attached hydrogen (secondary N) is 1. The molecule has 3 aromatic heterocycles. The fourth-order valence-electron chi connectivity index (χ4n) is 3.07. The molecule has 0 aliphatic heterocycles. The van der Waals surface area contributed by atoms with Crippen LogP contribution in [0.25, 0.3) is 27.8 Å². The van der Waals surface area contributed by atoms with Gasteiger partial charge >= 0.3 is 0 Å². The van der Waals surface area contributed by atoms with Crippen LogP contribution < -0.4 is 4.74 Å². The lowest BCUT2D eigenvalue weighted by molar-refractivity contribution is 0.340. The van der Waals surface area contributed by atoms with Crippen LogP contribution in [0.5, 0.6) is 5.75 Å². The summed E-state index contributed by atoms with van der Waals surface area (Å²) in [6.07, 6.45) is 1.51. The van der Waals surface area contributed by atoms with Crippen molar-refractivity contribution in [1.82, 2.24) is 24.7 Å². The first-order chi connectivity index (χ1) is 12.7. The van der Waals surface area contributed by atoms with Crippen molar-refractivity contribution in [2.24, 2.45) is 0 Å². The molecule has 0 spiro atoms. The third-order valence-corrected chi connectivity index (χ3v) is 5.11. The molecule has 6 nitrogen and oxygen atoms in total. The zero-order chi connectivity index (χ0) is 18.1. The quantitative estimate of drug-likeness (QED) is 0.569. The van der Waals surface area contributed by atoms with Crippen molar-refractivity contribution < 1.29 is 4.74 Å². The molecule has 7 heteroatoms. The maximum atomic E-state index is 5.60. The number of aryl methyl sites for hydroxylation is 1. The van der Waals surface area contributed by atoms with Gasteiger partial charge in [0.05, 0.1) is 12.3 Å². The summed E-state index contributed by atoms with van der Waals surface area (Å²) >= 11 is 1.63. The summed E-state index contributed by atoms with van der Waals surface area (Å²) in [5.74, 6) is 1.58. The highest BCUT2D eigenvalue weighted by atomic mass is 32.1. The molecule has 0 saturated heterocycles. The summed E-state index contributed by atoms with van der Waals surface area (Å²) in [7, 11) is 0. The van der Waals surface area contributed by atoms with Crippen LogP contribution in [0.3, 0.4) is 0 Å². The van der Waals surface area contributed by atoms with Crippen molar-refractivity contribution in [2.75, 3.05) is 6.61 Å². The largest absolute Gasteiger partial charge is 0.494 e. The van der Waals surface area contributed by atoms with Crippen LogP contribution in [0.2, 0.25) is 0 Å². The van der Waals surface area contributed by atoms with E-state index in [1.54, 1.807) is 11.3 Å². The molecule has 0 aliphatic carbocycles. The molecule has 0 unspecified atom stereocenters. The Morgan fingerprint density at radius 1 is 1.23 bits per heavy atom. The first-order valence-electron chi connectivity index (χ1n) is 8.41. The molecule has 0 saturated carbocycles. The molecule has 3 heterocycles. The molecule has 0 atom stereocenters. The number of aromatic amines is 1. The van der Waals surface area contributed by atoms with Crippen molar-refractivity contribution in [2.45, 2.75) is 20.8 Å². The molecule has 0 radical (unpaired) electrons. The highest BCUT2D eigenvalue weighted by Gasteiger charge is 2.16. The number of nitrogens with zero attached hydrogens (tertiary/aromatic N) is 4. The highest BCUT2D eigenvalue weighted by molar-refractivity contribution is 7.13. The van der Waals surface area contributed by atoms with E-state index in [1.807, 2.05) is 25.1 Å². The van der Waals surface area contributed by atoms with Gasteiger partial charge in [-0.3, -0.25) is 4.57 Å². The van der Waals surface area contributed by atoms with Gasteiger partial charge in [-0.1, -0.05) is 12.1 Å². The van der Waals surface area contributed by atoms with Gasteiger partial charge in [-0.25, -0.2) is 10.1 Å². The van der Waals surface area contributed by atoms with Gasteiger partial charge < -0.3 is 4.74 Å². The van der Waals surface area contributed by atoms with E-state index in [4.69, 9.17) is 9.72 Å². The number of aromatic nitrogens is 5. The normalized spacial score (nSPS) is 11.0. The second-order valence-electron chi connectivity index (χ2n) is 5.93. The van der Waals surface area contributed by atoms with E-state index >= 15 is 0 Å².